The fraction of sp³-hybridized carbons (Fsp3) is 0.467. The van der Waals surface area contributed by atoms with Gasteiger partial charge < -0.3 is 15.2 Å². The minimum Gasteiger partial charge on any atom is -0.480 e. The van der Waals surface area contributed by atoms with Crippen LogP contribution in [0.15, 0.2) is 12.3 Å². The van der Waals surface area contributed by atoms with Crippen molar-refractivity contribution in [3.63, 3.8) is 0 Å². The molecule has 0 aromatic carbocycles. The van der Waals surface area contributed by atoms with Gasteiger partial charge in [0, 0.05) is 11.8 Å². The van der Waals surface area contributed by atoms with Gasteiger partial charge in [-0.3, -0.25) is 0 Å². The molecule has 0 amide bonds. The second kappa shape index (κ2) is 5.75. The van der Waals surface area contributed by atoms with E-state index in [0.717, 1.165) is 18.4 Å². The fourth-order valence-corrected chi connectivity index (χ4v) is 2.70. The number of ether oxygens (including phenoxy) is 2. The number of anilines is 1. The molecule has 0 saturated heterocycles. The molecule has 0 radical (unpaired) electrons. The van der Waals surface area contributed by atoms with Crippen LogP contribution in [0.2, 0.25) is 0 Å². The minimum atomic E-state index is 0.248. The number of hydrogen-bond donors (Lipinski definition) is 1. The molecule has 2 aromatic heterocycles. The molecule has 1 fully saturated rings. The molecule has 2 atom stereocenters. The molecular weight excluding hydrogens is 282 g/mol. The first-order valence-electron chi connectivity index (χ1n) is 7.26. The molecule has 22 heavy (non-hydrogen) atoms. The van der Waals surface area contributed by atoms with E-state index >= 15 is 0 Å². The molecule has 7 heteroatoms. The minimum absolute atomic E-state index is 0.248. The number of nitrogen functional groups attached to an aromatic ring is 1. The van der Waals surface area contributed by atoms with Crippen LogP contribution in [0, 0.1) is 5.92 Å². The molecule has 116 valence electrons. The summed E-state index contributed by atoms with van der Waals surface area (Å²) in [5.74, 6) is 2.07. The van der Waals surface area contributed by atoms with Gasteiger partial charge >= 0.3 is 6.01 Å². The van der Waals surface area contributed by atoms with Crippen LogP contribution < -0.4 is 15.2 Å². The number of hydrogen-bond acceptors (Lipinski definition) is 7. The molecule has 2 aromatic rings. The van der Waals surface area contributed by atoms with Gasteiger partial charge in [-0.15, -0.1) is 10.2 Å². The van der Waals surface area contributed by atoms with E-state index in [9.17, 15) is 0 Å². The molecule has 1 saturated carbocycles. The first-order chi connectivity index (χ1) is 10.7. The average molecular weight is 301 g/mol. The number of nitrogens with zero attached hydrogens (tertiary/aromatic N) is 4. The Morgan fingerprint density at radius 3 is 2.73 bits per heavy atom. The smallest absolute Gasteiger partial charge is 0.319 e. The van der Waals surface area contributed by atoms with Crippen LogP contribution in [-0.4, -0.2) is 34.4 Å². The van der Waals surface area contributed by atoms with Gasteiger partial charge in [-0.2, -0.15) is 4.98 Å². The van der Waals surface area contributed by atoms with Gasteiger partial charge in [-0.1, -0.05) is 13.3 Å². The summed E-state index contributed by atoms with van der Waals surface area (Å²) in [6.07, 6.45) is 3.93. The third-order valence-electron chi connectivity index (χ3n) is 4.08. The summed E-state index contributed by atoms with van der Waals surface area (Å²) in [4.78, 5) is 8.29. The van der Waals surface area contributed by atoms with Gasteiger partial charge in [-0.05, 0) is 24.3 Å². The third kappa shape index (κ3) is 2.54. The predicted octanol–water partition coefficient (Wildman–Crippen LogP) is 2.05. The van der Waals surface area contributed by atoms with Crippen molar-refractivity contribution in [2.24, 2.45) is 5.92 Å². The van der Waals surface area contributed by atoms with Crippen molar-refractivity contribution >= 4 is 5.82 Å². The molecule has 2 N–H and O–H groups in total. The molecule has 2 heterocycles. The van der Waals surface area contributed by atoms with E-state index in [1.54, 1.807) is 13.3 Å². The van der Waals surface area contributed by atoms with Crippen molar-refractivity contribution < 1.29 is 9.47 Å². The average Bonchev–Trinajstić information content (AvgIpc) is 3.34. The van der Waals surface area contributed by atoms with E-state index in [1.165, 1.54) is 7.11 Å². The Morgan fingerprint density at radius 1 is 1.27 bits per heavy atom. The molecule has 0 aliphatic heterocycles. The maximum Gasteiger partial charge on any atom is 0.319 e. The summed E-state index contributed by atoms with van der Waals surface area (Å²) in [7, 11) is 3.05. The first-order valence-corrected chi connectivity index (χ1v) is 7.26. The highest BCUT2D eigenvalue weighted by atomic mass is 16.5. The zero-order valence-corrected chi connectivity index (χ0v) is 12.9. The maximum atomic E-state index is 5.99. The van der Waals surface area contributed by atoms with Gasteiger partial charge in [0.1, 0.15) is 11.5 Å². The molecule has 3 rings (SSSR count). The van der Waals surface area contributed by atoms with E-state index in [-0.39, 0.29) is 6.01 Å². The van der Waals surface area contributed by atoms with E-state index in [2.05, 4.69) is 27.1 Å². The lowest BCUT2D eigenvalue weighted by Gasteiger charge is -2.09. The van der Waals surface area contributed by atoms with Crippen LogP contribution in [-0.2, 0) is 0 Å². The van der Waals surface area contributed by atoms with Crippen LogP contribution in [0.25, 0.3) is 11.3 Å². The summed E-state index contributed by atoms with van der Waals surface area (Å²) >= 11 is 0. The second-order valence-corrected chi connectivity index (χ2v) is 5.36. The molecule has 1 aliphatic rings. The number of aromatic nitrogens is 4. The Morgan fingerprint density at radius 2 is 2.09 bits per heavy atom. The number of rotatable bonds is 5. The van der Waals surface area contributed by atoms with Crippen LogP contribution in [0.4, 0.5) is 5.82 Å². The highest BCUT2D eigenvalue weighted by molar-refractivity contribution is 5.66. The zero-order valence-electron chi connectivity index (χ0n) is 12.9. The van der Waals surface area contributed by atoms with Crippen LogP contribution in [0.1, 0.15) is 31.2 Å². The Hall–Kier alpha value is -2.44. The van der Waals surface area contributed by atoms with Crippen LogP contribution >= 0.6 is 0 Å². The van der Waals surface area contributed by atoms with Gasteiger partial charge in [0.15, 0.2) is 0 Å². The van der Waals surface area contributed by atoms with Crippen LogP contribution in [0.5, 0.6) is 11.9 Å². The normalized spacial score (nSPS) is 19.8. The van der Waals surface area contributed by atoms with Gasteiger partial charge in [0.25, 0.3) is 0 Å². The van der Waals surface area contributed by atoms with Gasteiger partial charge in [0.05, 0.1) is 19.8 Å². The Kier molecular flexibility index (Phi) is 3.79. The van der Waals surface area contributed by atoms with E-state index < -0.39 is 0 Å². The lowest BCUT2D eigenvalue weighted by atomic mass is 10.1. The SMILES string of the molecule is CC[C@H]1C[C@@H]1c1cc(-c2cnc(OC)nc2OC)nnc1N. The van der Waals surface area contributed by atoms with Gasteiger partial charge in [-0.25, -0.2) is 4.98 Å². The van der Waals surface area contributed by atoms with E-state index in [0.29, 0.717) is 34.8 Å². The number of nitrogens with two attached hydrogens (primary N) is 1. The van der Waals surface area contributed by atoms with Crippen molar-refractivity contribution in [1.82, 2.24) is 20.2 Å². The molecule has 1 aliphatic carbocycles. The van der Waals surface area contributed by atoms with Crippen molar-refractivity contribution in [2.75, 3.05) is 20.0 Å². The van der Waals surface area contributed by atoms with Crippen LogP contribution in [0.3, 0.4) is 0 Å². The largest absolute Gasteiger partial charge is 0.480 e. The molecule has 0 bridgehead atoms. The van der Waals surface area contributed by atoms with Crippen molar-refractivity contribution in [1.29, 1.82) is 0 Å². The Balaban J connectivity index is 2.00. The topological polar surface area (TPSA) is 96.0 Å². The highest BCUT2D eigenvalue weighted by Gasteiger charge is 2.38. The summed E-state index contributed by atoms with van der Waals surface area (Å²) in [5.41, 5.74) is 8.37. The molecular formula is C15H19N5O2. The Bertz CT molecular complexity index is 692. The summed E-state index contributed by atoms with van der Waals surface area (Å²) < 4.78 is 10.3. The lowest BCUT2D eigenvalue weighted by molar-refractivity contribution is 0.353. The maximum absolute atomic E-state index is 5.99. The quantitative estimate of drug-likeness (QED) is 0.902. The third-order valence-corrected chi connectivity index (χ3v) is 4.08. The van der Waals surface area contributed by atoms with Crippen molar-refractivity contribution in [3.8, 4) is 23.1 Å². The highest BCUT2D eigenvalue weighted by Crippen LogP contribution is 2.51. The summed E-state index contributed by atoms with van der Waals surface area (Å²) in [6, 6.07) is 2.22. The Labute approximate surface area is 128 Å². The summed E-state index contributed by atoms with van der Waals surface area (Å²) in [6.45, 7) is 2.19. The first kappa shape index (κ1) is 14.5. The van der Waals surface area contributed by atoms with E-state index in [1.807, 2.05) is 6.07 Å². The zero-order chi connectivity index (χ0) is 15.7. The standard InChI is InChI=1S/C15H19N5O2/c1-4-8-5-9(8)10-6-12(19-20-13(10)16)11-7-17-15(22-3)18-14(11)21-2/h6-9H,4-5H2,1-3H3,(H2,16,20)/t8-,9-/m0/s1. The molecule has 7 nitrogen and oxygen atoms in total. The summed E-state index contributed by atoms with van der Waals surface area (Å²) in [5, 5.41) is 8.25. The molecule has 0 unspecified atom stereocenters. The second-order valence-electron chi connectivity index (χ2n) is 5.36. The predicted molar refractivity (Wildman–Crippen MR) is 81.7 cm³/mol. The molecule has 0 spiro atoms. The van der Waals surface area contributed by atoms with E-state index in [4.69, 9.17) is 15.2 Å². The number of methoxy groups -OCH3 is 2. The van der Waals surface area contributed by atoms with Gasteiger partial charge in [0.2, 0.25) is 5.88 Å². The lowest BCUT2D eigenvalue weighted by Crippen LogP contribution is -2.03. The fourth-order valence-electron chi connectivity index (χ4n) is 2.70. The van der Waals surface area contributed by atoms with Crippen molar-refractivity contribution in [3.05, 3.63) is 17.8 Å². The van der Waals surface area contributed by atoms with Crippen molar-refractivity contribution in [2.45, 2.75) is 25.7 Å². The monoisotopic (exact) mass is 301 g/mol.